The number of hydrogen-bond acceptors (Lipinski definition) is 2. The Morgan fingerprint density at radius 2 is 2.07 bits per heavy atom. The monoisotopic (exact) mass is 196 g/mol. The summed E-state index contributed by atoms with van der Waals surface area (Å²) in [6, 6.07) is 0. The van der Waals surface area contributed by atoms with Gasteiger partial charge in [-0.3, -0.25) is 4.79 Å². The van der Waals surface area contributed by atoms with E-state index < -0.39 is 0 Å². The first-order valence-electron chi connectivity index (χ1n) is 5.43. The lowest BCUT2D eigenvalue weighted by Gasteiger charge is -2.36. The molecular formula is C12H20O2. The van der Waals surface area contributed by atoms with E-state index in [0.29, 0.717) is 24.5 Å². The number of carbonyl (C=O) groups is 2. The Labute approximate surface area is 86.1 Å². The van der Waals surface area contributed by atoms with Crippen LogP contribution in [0.1, 0.15) is 46.5 Å². The third-order valence-electron chi connectivity index (χ3n) is 3.44. The van der Waals surface area contributed by atoms with Crippen molar-refractivity contribution in [3.05, 3.63) is 0 Å². The predicted molar refractivity (Wildman–Crippen MR) is 56.0 cm³/mol. The van der Waals surface area contributed by atoms with E-state index in [2.05, 4.69) is 6.92 Å². The van der Waals surface area contributed by atoms with E-state index in [0.717, 1.165) is 19.1 Å². The molecule has 0 heterocycles. The molecule has 2 heteroatoms. The molecule has 0 aromatic carbocycles. The second-order valence-electron chi connectivity index (χ2n) is 5.26. The zero-order valence-electron chi connectivity index (χ0n) is 9.38. The molecule has 0 N–H and O–H groups in total. The first-order chi connectivity index (χ1) is 6.47. The van der Waals surface area contributed by atoms with Gasteiger partial charge in [0.15, 0.2) is 0 Å². The van der Waals surface area contributed by atoms with Crippen molar-refractivity contribution in [3.63, 3.8) is 0 Å². The van der Waals surface area contributed by atoms with Crippen molar-refractivity contribution in [1.82, 2.24) is 0 Å². The van der Waals surface area contributed by atoms with Crippen molar-refractivity contribution in [1.29, 1.82) is 0 Å². The van der Waals surface area contributed by atoms with Gasteiger partial charge in [0.1, 0.15) is 12.1 Å². The minimum atomic E-state index is -0.140. The maximum absolute atomic E-state index is 11.8. The average molecular weight is 196 g/mol. The average Bonchev–Trinajstić information content (AvgIpc) is 2.02. The number of rotatable bonds is 3. The van der Waals surface area contributed by atoms with Gasteiger partial charge in [-0.15, -0.1) is 0 Å². The summed E-state index contributed by atoms with van der Waals surface area (Å²) >= 11 is 0. The molecule has 0 aliphatic heterocycles. The molecule has 1 saturated carbocycles. The van der Waals surface area contributed by atoms with Gasteiger partial charge in [0.2, 0.25) is 0 Å². The zero-order chi connectivity index (χ0) is 10.8. The van der Waals surface area contributed by atoms with Crippen LogP contribution in [0.25, 0.3) is 0 Å². The Morgan fingerprint density at radius 3 is 2.57 bits per heavy atom. The zero-order valence-corrected chi connectivity index (χ0v) is 9.38. The Kier molecular flexibility index (Phi) is 3.46. The van der Waals surface area contributed by atoms with Gasteiger partial charge in [-0.2, -0.15) is 0 Å². The molecule has 2 nitrogen and oxygen atoms in total. The molecule has 0 radical (unpaired) electrons. The molecule has 1 aliphatic carbocycles. The molecule has 0 aromatic heterocycles. The van der Waals surface area contributed by atoms with Crippen LogP contribution >= 0.6 is 0 Å². The molecule has 0 saturated heterocycles. The number of Topliss-reactive ketones (excluding diaryl/α,β-unsaturated/α-hetero) is 1. The number of ketones is 1. The van der Waals surface area contributed by atoms with Gasteiger partial charge in [0.05, 0.1) is 0 Å². The molecule has 2 unspecified atom stereocenters. The highest BCUT2D eigenvalue weighted by molar-refractivity contribution is 5.83. The van der Waals surface area contributed by atoms with Crippen LogP contribution in [-0.4, -0.2) is 12.1 Å². The molecule has 0 aromatic rings. The second kappa shape index (κ2) is 4.24. The van der Waals surface area contributed by atoms with Crippen LogP contribution in [0.15, 0.2) is 0 Å². The SMILES string of the molecule is CC1CCC(C(C)(C)CC=O)C(=O)C1. The maximum atomic E-state index is 11.8. The van der Waals surface area contributed by atoms with E-state index in [1.165, 1.54) is 0 Å². The Morgan fingerprint density at radius 1 is 1.43 bits per heavy atom. The summed E-state index contributed by atoms with van der Waals surface area (Å²) in [4.78, 5) is 22.3. The largest absolute Gasteiger partial charge is 0.303 e. The first-order valence-corrected chi connectivity index (χ1v) is 5.43. The van der Waals surface area contributed by atoms with Crippen LogP contribution in [0.3, 0.4) is 0 Å². The molecule has 14 heavy (non-hydrogen) atoms. The van der Waals surface area contributed by atoms with E-state index in [1.807, 2.05) is 13.8 Å². The fraction of sp³-hybridized carbons (Fsp3) is 0.833. The third kappa shape index (κ3) is 2.43. The van der Waals surface area contributed by atoms with Crippen molar-refractivity contribution in [3.8, 4) is 0 Å². The molecule has 0 amide bonds. The summed E-state index contributed by atoms with van der Waals surface area (Å²) in [7, 11) is 0. The molecule has 1 aliphatic rings. The lowest BCUT2D eigenvalue weighted by atomic mass is 9.67. The summed E-state index contributed by atoms with van der Waals surface area (Å²) in [5.74, 6) is 0.991. The standard InChI is InChI=1S/C12H20O2/c1-9-4-5-10(11(14)8-9)12(2,3)6-7-13/h7,9-10H,4-6,8H2,1-3H3. The molecule has 80 valence electrons. The summed E-state index contributed by atoms with van der Waals surface area (Å²) < 4.78 is 0. The second-order valence-corrected chi connectivity index (χ2v) is 5.26. The quantitative estimate of drug-likeness (QED) is 0.650. The highest BCUT2D eigenvalue weighted by Crippen LogP contribution is 2.39. The summed E-state index contributed by atoms with van der Waals surface area (Å²) in [5.41, 5.74) is -0.140. The van der Waals surface area contributed by atoms with E-state index in [4.69, 9.17) is 0 Å². The third-order valence-corrected chi connectivity index (χ3v) is 3.44. The van der Waals surface area contributed by atoms with E-state index >= 15 is 0 Å². The fourth-order valence-electron chi connectivity index (χ4n) is 2.38. The van der Waals surface area contributed by atoms with Gasteiger partial charge in [-0.25, -0.2) is 0 Å². The summed E-state index contributed by atoms with van der Waals surface area (Å²) in [6.07, 6.45) is 4.22. The highest BCUT2D eigenvalue weighted by Gasteiger charge is 2.37. The van der Waals surface area contributed by atoms with Crippen LogP contribution in [0.2, 0.25) is 0 Å². The smallest absolute Gasteiger partial charge is 0.136 e. The fourth-order valence-corrected chi connectivity index (χ4v) is 2.38. The van der Waals surface area contributed by atoms with E-state index in [1.54, 1.807) is 0 Å². The van der Waals surface area contributed by atoms with Crippen LogP contribution in [0.4, 0.5) is 0 Å². The number of hydrogen-bond donors (Lipinski definition) is 0. The van der Waals surface area contributed by atoms with Crippen LogP contribution in [0, 0.1) is 17.3 Å². The Balaban J connectivity index is 2.68. The van der Waals surface area contributed by atoms with Gasteiger partial charge in [0, 0.05) is 18.8 Å². The van der Waals surface area contributed by atoms with Crippen molar-refractivity contribution in [2.24, 2.45) is 17.3 Å². The topological polar surface area (TPSA) is 34.1 Å². The molecule has 0 bridgehead atoms. The van der Waals surface area contributed by atoms with Crippen molar-refractivity contribution in [2.75, 3.05) is 0 Å². The molecule has 2 atom stereocenters. The molecule has 0 spiro atoms. The minimum Gasteiger partial charge on any atom is -0.303 e. The molecule has 1 rings (SSSR count). The van der Waals surface area contributed by atoms with Crippen molar-refractivity contribution >= 4 is 12.1 Å². The van der Waals surface area contributed by atoms with Gasteiger partial charge in [0.25, 0.3) is 0 Å². The van der Waals surface area contributed by atoms with E-state index in [-0.39, 0.29) is 11.3 Å². The lowest BCUT2D eigenvalue weighted by Crippen LogP contribution is -2.35. The molecule has 1 fully saturated rings. The first kappa shape index (κ1) is 11.4. The van der Waals surface area contributed by atoms with Crippen molar-refractivity contribution in [2.45, 2.75) is 46.5 Å². The lowest BCUT2D eigenvalue weighted by molar-refractivity contribution is -0.130. The number of carbonyl (C=O) groups excluding carboxylic acids is 2. The van der Waals surface area contributed by atoms with Crippen LogP contribution in [0.5, 0.6) is 0 Å². The minimum absolute atomic E-state index is 0.101. The van der Waals surface area contributed by atoms with Gasteiger partial charge in [-0.1, -0.05) is 20.8 Å². The predicted octanol–water partition coefficient (Wildman–Crippen LogP) is 2.61. The van der Waals surface area contributed by atoms with Crippen LogP contribution < -0.4 is 0 Å². The normalized spacial score (nSPS) is 28.9. The van der Waals surface area contributed by atoms with Gasteiger partial charge in [-0.05, 0) is 24.2 Å². The van der Waals surface area contributed by atoms with Crippen LogP contribution in [-0.2, 0) is 9.59 Å². The highest BCUT2D eigenvalue weighted by atomic mass is 16.1. The number of aldehydes is 1. The van der Waals surface area contributed by atoms with Gasteiger partial charge >= 0.3 is 0 Å². The molecular weight excluding hydrogens is 176 g/mol. The Bertz CT molecular complexity index is 230. The summed E-state index contributed by atoms with van der Waals surface area (Å²) in [5, 5.41) is 0. The van der Waals surface area contributed by atoms with Crippen molar-refractivity contribution < 1.29 is 9.59 Å². The summed E-state index contributed by atoms with van der Waals surface area (Å²) in [6.45, 7) is 6.18. The van der Waals surface area contributed by atoms with E-state index in [9.17, 15) is 9.59 Å². The maximum Gasteiger partial charge on any atom is 0.136 e. The van der Waals surface area contributed by atoms with Gasteiger partial charge < -0.3 is 4.79 Å². The Hall–Kier alpha value is -0.660.